The molecule has 0 radical (unpaired) electrons. The Kier molecular flexibility index (Phi) is 6.53. The first-order chi connectivity index (χ1) is 13.6. The normalized spacial score (nSPS) is 16.1. The predicted octanol–water partition coefficient (Wildman–Crippen LogP) is 2.41. The Morgan fingerprint density at radius 1 is 1.07 bits per heavy atom. The molecule has 6 heteroatoms. The first-order valence-corrected chi connectivity index (χ1v) is 9.41. The molecule has 2 amide bonds. The van der Waals surface area contributed by atoms with Gasteiger partial charge in [-0.1, -0.05) is 36.4 Å². The number of hydrogen-bond acceptors (Lipinski definition) is 4. The molecule has 2 aromatic carbocycles. The summed E-state index contributed by atoms with van der Waals surface area (Å²) in [5, 5.41) is 2.95. The summed E-state index contributed by atoms with van der Waals surface area (Å²) in [5.74, 6) is 1.03. The van der Waals surface area contributed by atoms with Crippen LogP contribution in [0.3, 0.4) is 0 Å². The quantitative estimate of drug-likeness (QED) is 0.761. The predicted molar refractivity (Wildman–Crippen MR) is 106 cm³/mol. The van der Waals surface area contributed by atoms with Crippen molar-refractivity contribution in [2.75, 3.05) is 27.3 Å². The van der Waals surface area contributed by atoms with Crippen molar-refractivity contribution < 1.29 is 19.1 Å². The topological polar surface area (TPSA) is 67.9 Å². The monoisotopic (exact) mass is 382 g/mol. The lowest BCUT2D eigenvalue weighted by Gasteiger charge is -2.16. The summed E-state index contributed by atoms with van der Waals surface area (Å²) in [6.07, 6.45) is 0.954. The van der Waals surface area contributed by atoms with Crippen molar-refractivity contribution in [3.05, 3.63) is 59.7 Å². The number of hydrogen-bond donors (Lipinski definition) is 1. The number of nitrogens with zero attached hydrogens (tertiary/aromatic N) is 1. The summed E-state index contributed by atoms with van der Waals surface area (Å²) in [4.78, 5) is 26.5. The maximum Gasteiger partial charge on any atom is 0.225 e. The Labute approximate surface area is 165 Å². The molecule has 28 heavy (non-hydrogen) atoms. The molecule has 0 bridgehead atoms. The fraction of sp³-hybridized carbons (Fsp3) is 0.364. The fourth-order valence-corrected chi connectivity index (χ4v) is 3.41. The largest absolute Gasteiger partial charge is 0.493 e. The van der Waals surface area contributed by atoms with Crippen LogP contribution in [0.15, 0.2) is 48.5 Å². The van der Waals surface area contributed by atoms with Gasteiger partial charge < -0.3 is 19.7 Å². The number of amides is 2. The maximum absolute atomic E-state index is 12.5. The van der Waals surface area contributed by atoms with E-state index in [0.29, 0.717) is 37.6 Å². The second kappa shape index (κ2) is 9.26. The molecule has 2 aromatic rings. The lowest BCUT2D eigenvalue weighted by atomic mass is 10.1. The average molecular weight is 382 g/mol. The number of ether oxygens (including phenoxy) is 2. The summed E-state index contributed by atoms with van der Waals surface area (Å²) >= 11 is 0. The highest BCUT2D eigenvalue weighted by Crippen LogP contribution is 2.27. The van der Waals surface area contributed by atoms with E-state index in [4.69, 9.17) is 9.47 Å². The summed E-state index contributed by atoms with van der Waals surface area (Å²) in [5.41, 5.74) is 2.12. The third-order valence-corrected chi connectivity index (χ3v) is 4.96. The Hall–Kier alpha value is -3.02. The molecule has 1 saturated heterocycles. The number of carbonyl (C=O) groups is 2. The second-order valence-electron chi connectivity index (χ2n) is 6.89. The van der Waals surface area contributed by atoms with Crippen LogP contribution in [0.25, 0.3) is 0 Å². The summed E-state index contributed by atoms with van der Waals surface area (Å²) in [7, 11) is 3.20. The highest BCUT2D eigenvalue weighted by atomic mass is 16.5. The summed E-state index contributed by atoms with van der Waals surface area (Å²) in [6, 6.07) is 15.5. The van der Waals surface area contributed by atoms with Gasteiger partial charge in [-0.25, -0.2) is 0 Å². The SMILES string of the molecule is COc1ccc(CCNC(=O)[C@@H]2CC(=O)N(Cc3ccccc3)C2)cc1OC. The summed E-state index contributed by atoms with van der Waals surface area (Å²) < 4.78 is 10.5. The number of rotatable bonds is 8. The minimum atomic E-state index is -0.290. The summed E-state index contributed by atoms with van der Waals surface area (Å²) in [6.45, 7) is 1.53. The second-order valence-corrected chi connectivity index (χ2v) is 6.89. The van der Waals surface area contributed by atoms with E-state index in [1.165, 1.54) is 0 Å². The van der Waals surface area contributed by atoms with E-state index >= 15 is 0 Å². The van der Waals surface area contributed by atoms with Gasteiger partial charge in [0.2, 0.25) is 11.8 Å². The third kappa shape index (κ3) is 4.82. The maximum atomic E-state index is 12.5. The molecular formula is C22H26N2O4. The first-order valence-electron chi connectivity index (χ1n) is 9.41. The number of methoxy groups -OCH3 is 2. The molecule has 1 N–H and O–H groups in total. The van der Waals surface area contributed by atoms with Crippen LogP contribution in [0.5, 0.6) is 11.5 Å². The minimum absolute atomic E-state index is 0.0314. The van der Waals surface area contributed by atoms with E-state index in [9.17, 15) is 9.59 Å². The van der Waals surface area contributed by atoms with E-state index in [1.54, 1.807) is 19.1 Å². The molecule has 0 aliphatic carbocycles. The van der Waals surface area contributed by atoms with Gasteiger partial charge in [0.05, 0.1) is 20.1 Å². The molecule has 0 aromatic heterocycles. The zero-order chi connectivity index (χ0) is 19.9. The van der Waals surface area contributed by atoms with E-state index < -0.39 is 0 Å². The van der Waals surface area contributed by atoms with Gasteiger partial charge in [0, 0.05) is 26.1 Å². The van der Waals surface area contributed by atoms with E-state index in [0.717, 1.165) is 11.1 Å². The lowest BCUT2D eigenvalue weighted by Crippen LogP contribution is -2.34. The van der Waals surface area contributed by atoms with Crippen LogP contribution >= 0.6 is 0 Å². The van der Waals surface area contributed by atoms with Crippen LogP contribution in [0, 0.1) is 5.92 Å². The smallest absolute Gasteiger partial charge is 0.225 e. The van der Waals surface area contributed by atoms with Crippen LogP contribution in [-0.2, 0) is 22.6 Å². The molecule has 1 heterocycles. The van der Waals surface area contributed by atoms with Gasteiger partial charge >= 0.3 is 0 Å². The molecule has 3 rings (SSSR count). The minimum Gasteiger partial charge on any atom is -0.493 e. The molecule has 0 saturated carbocycles. The van der Waals surface area contributed by atoms with Gasteiger partial charge in [-0.2, -0.15) is 0 Å². The van der Waals surface area contributed by atoms with E-state index in [1.807, 2.05) is 48.5 Å². The zero-order valence-corrected chi connectivity index (χ0v) is 16.3. The van der Waals surface area contributed by atoms with Crippen molar-refractivity contribution in [1.29, 1.82) is 0 Å². The molecule has 1 aliphatic rings. The van der Waals surface area contributed by atoms with Crippen molar-refractivity contribution in [1.82, 2.24) is 10.2 Å². The van der Waals surface area contributed by atoms with Gasteiger partial charge in [-0.05, 0) is 29.7 Å². The molecule has 0 spiro atoms. The molecule has 6 nitrogen and oxygen atoms in total. The molecule has 0 unspecified atom stereocenters. The standard InChI is InChI=1S/C22H26N2O4/c1-27-19-9-8-16(12-20(19)28-2)10-11-23-22(26)18-13-21(25)24(15-18)14-17-6-4-3-5-7-17/h3-9,12,18H,10-11,13-15H2,1-2H3,(H,23,26)/t18-/m1/s1. The van der Waals surface area contributed by atoms with Gasteiger partial charge in [-0.3, -0.25) is 9.59 Å². The first kappa shape index (κ1) is 19.7. The highest BCUT2D eigenvalue weighted by Gasteiger charge is 2.33. The average Bonchev–Trinajstić information content (AvgIpc) is 3.09. The van der Waals surface area contributed by atoms with E-state index in [-0.39, 0.29) is 24.2 Å². The number of benzene rings is 2. The number of nitrogens with one attached hydrogen (secondary N) is 1. The molecule has 148 valence electrons. The molecule has 1 aliphatic heterocycles. The molecule has 1 atom stereocenters. The van der Waals surface area contributed by atoms with Crippen LogP contribution in [0.4, 0.5) is 0 Å². The van der Waals surface area contributed by atoms with Gasteiger partial charge in [0.1, 0.15) is 0 Å². The van der Waals surface area contributed by atoms with Crippen molar-refractivity contribution >= 4 is 11.8 Å². The highest BCUT2D eigenvalue weighted by molar-refractivity contribution is 5.89. The van der Waals surface area contributed by atoms with Crippen molar-refractivity contribution in [3.8, 4) is 11.5 Å². The van der Waals surface area contributed by atoms with Crippen LogP contribution in [0.2, 0.25) is 0 Å². The Morgan fingerprint density at radius 2 is 1.82 bits per heavy atom. The van der Waals surface area contributed by atoms with Crippen molar-refractivity contribution in [2.45, 2.75) is 19.4 Å². The fourth-order valence-electron chi connectivity index (χ4n) is 3.41. The lowest BCUT2D eigenvalue weighted by molar-refractivity contribution is -0.129. The van der Waals surface area contributed by atoms with Gasteiger partial charge in [0.25, 0.3) is 0 Å². The van der Waals surface area contributed by atoms with Crippen LogP contribution in [0.1, 0.15) is 17.5 Å². The Morgan fingerprint density at radius 3 is 2.54 bits per heavy atom. The molecular weight excluding hydrogens is 356 g/mol. The third-order valence-electron chi connectivity index (χ3n) is 4.96. The van der Waals surface area contributed by atoms with Crippen LogP contribution < -0.4 is 14.8 Å². The Bertz CT molecular complexity index is 823. The number of likely N-dealkylation sites (tertiary alicyclic amines) is 1. The van der Waals surface area contributed by atoms with Crippen molar-refractivity contribution in [3.63, 3.8) is 0 Å². The van der Waals surface area contributed by atoms with Gasteiger partial charge in [-0.15, -0.1) is 0 Å². The van der Waals surface area contributed by atoms with Crippen molar-refractivity contribution in [2.24, 2.45) is 5.92 Å². The van der Waals surface area contributed by atoms with Crippen LogP contribution in [-0.4, -0.2) is 44.0 Å². The zero-order valence-electron chi connectivity index (χ0n) is 16.3. The Balaban J connectivity index is 1.48. The molecule has 1 fully saturated rings. The van der Waals surface area contributed by atoms with Gasteiger partial charge in [0.15, 0.2) is 11.5 Å². The number of carbonyl (C=O) groups excluding carboxylic acids is 2. The van der Waals surface area contributed by atoms with E-state index in [2.05, 4.69) is 5.32 Å².